The van der Waals surface area contributed by atoms with Crippen molar-refractivity contribution in [3.05, 3.63) is 78.4 Å². The van der Waals surface area contributed by atoms with E-state index in [-0.39, 0.29) is 11.6 Å². The largest absolute Gasteiger partial charge is 0.382 e. The number of aromatic nitrogens is 2. The number of anilines is 2. The Labute approximate surface area is 183 Å². The third kappa shape index (κ3) is 4.44. The summed E-state index contributed by atoms with van der Waals surface area (Å²) in [5.74, 6) is 0.0884. The lowest BCUT2D eigenvalue weighted by Gasteiger charge is -2.06. The number of imidazole rings is 1. The van der Waals surface area contributed by atoms with Gasteiger partial charge >= 0.3 is 0 Å². The normalized spacial score (nSPS) is 11.0. The number of amidine groups is 1. The molecule has 0 unspecified atom stereocenters. The Morgan fingerprint density at radius 3 is 2.47 bits per heavy atom. The molecule has 0 aliphatic rings. The predicted octanol–water partition coefficient (Wildman–Crippen LogP) is 3.71. The minimum Gasteiger partial charge on any atom is -0.382 e. The number of carbonyl (C=O) groups is 1. The topological polar surface area (TPSA) is 156 Å². The minimum atomic E-state index is -0.409. The molecule has 9 nitrogen and oxygen atoms in total. The van der Waals surface area contributed by atoms with Crippen LogP contribution >= 0.6 is 0 Å². The van der Waals surface area contributed by atoms with E-state index in [1.807, 2.05) is 42.5 Å². The van der Waals surface area contributed by atoms with E-state index in [1.165, 1.54) is 0 Å². The lowest BCUT2D eigenvalue weighted by molar-refractivity contribution is 0.102. The Balaban J connectivity index is 1.50. The second-order valence-corrected chi connectivity index (χ2v) is 6.81. The summed E-state index contributed by atoms with van der Waals surface area (Å²) in [6.45, 7) is 0. The van der Waals surface area contributed by atoms with Crippen LogP contribution in [0.1, 0.15) is 10.4 Å². The van der Waals surface area contributed by atoms with Gasteiger partial charge in [-0.1, -0.05) is 18.2 Å². The Hall–Kier alpha value is -4.97. The molecule has 6 N–H and O–H groups in total. The zero-order valence-electron chi connectivity index (χ0n) is 16.8. The SMILES string of the molecule is N#C/C(=N\Nc1ccc2nc(-c3ccc(NC(=O)c4ccccc4)cc3)[nH]c2c1)C(=N)N. The van der Waals surface area contributed by atoms with Crippen LogP contribution in [0.2, 0.25) is 0 Å². The van der Waals surface area contributed by atoms with Gasteiger partial charge in [-0.3, -0.25) is 15.6 Å². The second kappa shape index (κ2) is 8.81. The molecule has 4 rings (SSSR count). The number of hydrogen-bond donors (Lipinski definition) is 5. The molecular weight excluding hydrogens is 404 g/mol. The number of aromatic amines is 1. The maximum Gasteiger partial charge on any atom is 0.255 e. The molecule has 0 saturated carbocycles. The van der Waals surface area contributed by atoms with Crippen molar-refractivity contribution in [1.82, 2.24) is 9.97 Å². The first-order valence-corrected chi connectivity index (χ1v) is 9.58. The number of hydrazone groups is 1. The van der Waals surface area contributed by atoms with Crippen LogP contribution in [0.4, 0.5) is 11.4 Å². The Morgan fingerprint density at radius 2 is 1.78 bits per heavy atom. The van der Waals surface area contributed by atoms with Gasteiger partial charge in [-0.25, -0.2) is 4.98 Å². The number of nitrogens with zero attached hydrogens (tertiary/aromatic N) is 3. The number of fused-ring (bicyclic) bond motifs is 1. The molecule has 0 fully saturated rings. The van der Waals surface area contributed by atoms with Gasteiger partial charge in [0.15, 0.2) is 5.84 Å². The van der Waals surface area contributed by atoms with Crippen LogP contribution in [0, 0.1) is 16.7 Å². The smallest absolute Gasteiger partial charge is 0.255 e. The van der Waals surface area contributed by atoms with Crippen molar-refractivity contribution in [2.75, 3.05) is 10.7 Å². The third-order valence-electron chi connectivity index (χ3n) is 4.59. The average molecular weight is 422 g/mol. The molecule has 1 amide bonds. The molecule has 9 heteroatoms. The highest BCUT2D eigenvalue weighted by Crippen LogP contribution is 2.24. The molecule has 0 radical (unpaired) electrons. The number of carbonyl (C=O) groups excluding carboxylic acids is 1. The van der Waals surface area contributed by atoms with Crippen LogP contribution in [0.25, 0.3) is 22.4 Å². The van der Waals surface area contributed by atoms with Crippen molar-refractivity contribution in [3.8, 4) is 17.5 Å². The zero-order chi connectivity index (χ0) is 22.5. The van der Waals surface area contributed by atoms with Crippen LogP contribution < -0.4 is 16.5 Å². The molecule has 0 aliphatic heterocycles. The predicted molar refractivity (Wildman–Crippen MR) is 125 cm³/mol. The number of benzene rings is 3. The molecule has 0 atom stereocenters. The summed E-state index contributed by atoms with van der Waals surface area (Å²) < 4.78 is 0. The van der Waals surface area contributed by atoms with Gasteiger partial charge in [-0.15, -0.1) is 0 Å². The van der Waals surface area contributed by atoms with Crippen molar-refractivity contribution in [2.45, 2.75) is 0 Å². The lowest BCUT2D eigenvalue weighted by atomic mass is 10.1. The van der Waals surface area contributed by atoms with Gasteiger partial charge in [0.05, 0.1) is 16.7 Å². The summed E-state index contributed by atoms with van der Waals surface area (Å²) >= 11 is 0. The number of rotatable bonds is 6. The lowest BCUT2D eigenvalue weighted by Crippen LogP contribution is -2.21. The maximum absolute atomic E-state index is 12.3. The van der Waals surface area contributed by atoms with E-state index in [2.05, 4.69) is 25.8 Å². The number of hydrogen-bond acceptors (Lipinski definition) is 6. The molecule has 0 aliphatic carbocycles. The second-order valence-electron chi connectivity index (χ2n) is 6.81. The van der Waals surface area contributed by atoms with Gasteiger partial charge in [-0.2, -0.15) is 10.4 Å². The highest BCUT2D eigenvalue weighted by Gasteiger charge is 2.09. The van der Waals surface area contributed by atoms with Crippen LogP contribution in [0.15, 0.2) is 77.9 Å². The Bertz CT molecular complexity index is 1360. The van der Waals surface area contributed by atoms with Gasteiger partial charge < -0.3 is 16.0 Å². The van der Waals surface area contributed by atoms with Crippen molar-refractivity contribution in [3.63, 3.8) is 0 Å². The van der Waals surface area contributed by atoms with Gasteiger partial charge in [0.25, 0.3) is 5.91 Å². The van der Waals surface area contributed by atoms with E-state index < -0.39 is 5.84 Å². The quantitative estimate of drug-likeness (QED) is 0.182. The molecule has 1 aromatic heterocycles. The summed E-state index contributed by atoms with van der Waals surface area (Å²) in [5.41, 5.74) is 12.1. The van der Waals surface area contributed by atoms with Crippen molar-refractivity contribution in [2.24, 2.45) is 10.8 Å². The first kappa shape index (κ1) is 20.3. The Kier molecular flexibility index (Phi) is 5.59. The summed E-state index contributed by atoms with van der Waals surface area (Å²) in [6, 6.07) is 23.5. The average Bonchev–Trinajstić information content (AvgIpc) is 3.24. The van der Waals surface area contributed by atoms with E-state index >= 15 is 0 Å². The highest BCUT2D eigenvalue weighted by atomic mass is 16.1. The summed E-state index contributed by atoms with van der Waals surface area (Å²) in [7, 11) is 0. The van der Waals surface area contributed by atoms with Gasteiger partial charge in [0.1, 0.15) is 11.9 Å². The first-order valence-electron chi connectivity index (χ1n) is 9.58. The molecule has 3 aromatic carbocycles. The highest BCUT2D eigenvalue weighted by molar-refractivity contribution is 6.45. The van der Waals surface area contributed by atoms with E-state index in [0.717, 1.165) is 16.6 Å². The first-order chi connectivity index (χ1) is 15.5. The molecule has 4 aromatic rings. The van der Waals surface area contributed by atoms with E-state index in [9.17, 15) is 4.79 Å². The molecular formula is C23H18N8O. The molecule has 0 saturated heterocycles. The standard InChI is InChI=1S/C23H18N8O/c24-13-20(21(25)26)31-30-17-10-11-18-19(12-17)29-22(28-18)14-6-8-16(9-7-14)27-23(32)15-4-2-1-3-5-15/h1-12,30H,(H3,25,26)(H,27,32)(H,28,29)/b31-20+. The molecule has 1 heterocycles. The van der Waals surface area contributed by atoms with E-state index in [4.69, 9.17) is 16.4 Å². The van der Waals surface area contributed by atoms with Crippen LogP contribution in [0.3, 0.4) is 0 Å². The van der Waals surface area contributed by atoms with Gasteiger partial charge in [-0.05, 0) is 54.6 Å². The zero-order valence-corrected chi connectivity index (χ0v) is 16.8. The summed E-state index contributed by atoms with van der Waals surface area (Å²) in [6.07, 6.45) is 0. The van der Waals surface area contributed by atoms with E-state index in [1.54, 1.807) is 36.4 Å². The fraction of sp³-hybridized carbons (Fsp3) is 0. The van der Waals surface area contributed by atoms with Crippen molar-refractivity contribution >= 4 is 39.9 Å². The van der Waals surface area contributed by atoms with Crippen LogP contribution in [-0.4, -0.2) is 27.4 Å². The monoisotopic (exact) mass is 422 g/mol. The van der Waals surface area contributed by atoms with Crippen LogP contribution in [0.5, 0.6) is 0 Å². The summed E-state index contributed by atoms with van der Waals surface area (Å²) in [4.78, 5) is 20.1. The minimum absolute atomic E-state index is 0.172. The van der Waals surface area contributed by atoms with E-state index in [0.29, 0.717) is 22.8 Å². The number of nitrogens with two attached hydrogens (primary N) is 1. The molecule has 156 valence electrons. The maximum atomic E-state index is 12.3. The van der Waals surface area contributed by atoms with Gasteiger partial charge in [0.2, 0.25) is 5.71 Å². The Morgan fingerprint density at radius 1 is 1.06 bits per heavy atom. The van der Waals surface area contributed by atoms with Gasteiger partial charge in [0, 0.05) is 16.8 Å². The van der Waals surface area contributed by atoms with Crippen LogP contribution in [-0.2, 0) is 0 Å². The fourth-order valence-corrected chi connectivity index (χ4v) is 2.99. The number of amides is 1. The molecule has 0 spiro atoms. The third-order valence-corrected chi connectivity index (χ3v) is 4.59. The van der Waals surface area contributed by atoms with Crippen molar-refractivity contribution in [1.29, 1.82) is 10.7 Å². The molecule has 0 bridgehead atoms. The summed E-state index contributed by atoms with van der Waals surface area (Å²) in [5, 5.41) is 22.9. The molecule has 32 heavy (non-hydrogen) atoms. The van der Waals surface area contributed by atoms with Crippen molar-refractivity contribution < 1.29 is 4.79 Å². The number of H-pyrrole nitrogens is 1. The fourth-order valence-electron chi connectivity index (χ4n) is 2.99. The number of nitriles is 1. The number of nitrogens with one attached hydrogen (secondary N) is 4.